The maximum atomic E-state index is 13.5. The molecule has 2 N–H and O–H groups in total. The molecule has 0 spiro atoms. The Hall–Kier alpha value is -1.81. The Morgan fingerprint density at radius 1 is 1.26 bits per heavy atom. The summed E-state index contributed by atoms with van der Waals surface area (Å²) >= 11 is 5.77. The van der Waals surface area contributed by atoms with E-state index in [9.17, 15) is 13.9 Å². The minimum Gasteiger partial charge on any atom is -0.507 e. The standard InChI is InChI=1S/C14H12ClF2NO/c1-8-3-2-4-9(14(8)19)7-18-13-11(15)5-10(16)6-12(13)17/h2-6,18-19H,7H2,1H3. The molecular formula is C14H12ClF2NO. The highest BCUT2D eigenvalue weighted by atomic mass is 35.5. The number of aromatic hydroxyl groups is 1. The van der Waals surface area contributed by atoms with Gasteiger partial charge in [0.1, 0.15) is 11.6 Å². The van der Waals surface area contributed by atoms with Crippen LogP contribution in [0.1, 0.15) is 11.1 Å². The van der Waals surface area contributed by atoms with Gasteiger partial charge in [0.05, 0.1) is 10.7 Å². The molecule has 2 nitrogen and oxygen atoms in total. The van der Waals surface area contributed by atoms with E-state index in [4.69, 9.17) is 11.6 Å². The summed E-state index contributed by atoms with van der Waals surface area (Å²) in [5, 5.41) is 12.6. The van der Waals surface area contributed by atoms with Gasteiger partial charge in [-0.1, -0.05) is 29.8 Å². The topological polar surface area (TPSA) is 32.3 Å². The summed E-state index contributed by atoms with van der Waals surface area (Å²) in [4.78, 5) is 0. The molecule has 2 aromatic carbocycles. The van der Waals surface area contributed by atoms with Gasteiger partial charge in [0, 0.05) is 18.2 Å². The molecule has 0 bridgehead atoms. The molecule has 0 aliphatic carbocycles. The van der Waals surface area contributed by atoms with Crippen molar-refractivity contribution in [1.29, 1.82) is 0 Å². The lowest BCUT2D eigenvalue weighted by atomic mass is 10.1. The third-order valence-corrected chi connectivity index (χ3v) is 3.08. The smallest absolute Gasteiger partial charge is 0.150 e. The molecule has 0 fully saturated rings. The van der Waals surface area contributed by atoms with E-state index in [1.165, 1.54) is 0 Å². The van der Waals surface area contributed by atoms with Crippen LogP contribution in [0.2, 0.25) is 5.02 Å². The highest BCUT2D eigenvalue weighted by molar-refractivity contribution is 6.33. The fraction of sp³-hybridized carbons (Fsp3) is 0.143. The number of rotatable bonds is 3. The van der Waals surface area contributed by atoms with Gasteiger partial charge in [-0.25, -0.2) is 8.78 Å². The van der Waals surface area contributed by atoms with Crippen molar-refractivity contribution in [2.75, 3.05) is 5.32 Å². The van der Waals surface area contributed by atoms with Crippen molar-refractivity contribution in [3.05, 3.63) is 58.1 Å². The Morgan fingerprint density at radius 2 is 2.00 bits per heavy atom. The molecule has 0 radical (unpaired) electrons. The van der Waals surface area contributed by atoms with Crippen LogP contribution >= 0.6 is 11.6 Å². The summed E-state index contributed by atoms with van der Waals surface area (Å²) in [5.41, 5.74) is 1.36. The van der Waals surface area contributed by atoms with Crippen molar-refractivity contribution < 1.29 is 13.9 Å². The molecule has 0 saturated heterocycles. The maximum Gasteiger partial charge on any atom is 0.150 e. The maximum absolute atomic E-state index is 13.5. The first-order chi connectivity index (χ1) is 8.99. The van der Waals surface area contributed by atoms with E-state index in [1.54, 1.807) is 25.1 Å². The van der Waals surface area contributed by atoms with E-state index in [0.717, 1.165) is 17.7 Å². The van der Waals surface area contributed by atoms with Gasteiger partial charge >= 0.3 is 0 Å². The lowest BCUT2D eigenvalue weighted by Crippen LogP contribution is -2.03. The average Bonchev–Trinajstić information content (AvgIpc) is 2.33. The van der Waals surface area contributed by atoms with Gasteiger partial charge in [-0.2, -0.15) is 0 Å². The molecule has 0 heterocycles. The monoisotopic (exact) mass is 283 g/mol. The third kappa shape index (κ3) is 2.96. The van der Waals surface area contributed by atoms with Crippen molar-refractivity contribution in [2.24, 2.45) is 0 Å². The van der Waals surface area contributed by atoms with E-state index >= 15 is 0 Å². The summed E-state index contributed by atoms with van der Waals surface area (Å²) in [7, 11) is 0. The zero-order chi connectivity index (χ0) is 14.0. The number of hydrogen-bond acceptors (Lipinski definition) is 2. The lowest BCUT2D eigenvalue weighted by Gasteiger charge is -2.11. The van der Waals surface area contributed by atoms with Crippen molar-refractivity contribution in [3.8, 4) is 5.75 Å². The Morgan fingerprint density at radius 3 is 2.68 bits per heavy atom. The van der Waals surface area contributed by atoms with Crippen LogP contribution in [0.15, 0.2) is 30.3 Å². The number of para-hydroxylation sites is 1. The van der Waals surface area contributed by atoms with Crippen molar-refractivity contribution in [3.63, 3.8) is 0 Å². The minimum absolute atomic E-state index is 0.0176. The van der Waals surface area contributed by atoms with Gasteiger partial charge in [0.25, 0.3) is 0 Å². The van der Waals surface area contributed by atoms with E-state index < -0.39 is 11.6 Å². The highest BCUT2D eigenvalue weighted by Crippen LogP contribution is 2.28. The molecule has 0 saturated carbocycles. The molecule has 0 aliphatic heterocycles. The van der Waals surface area contributed by atoms with E-state index in [0.29, 0.717) is 5.56 Å². The molecule has 2 aromatic rings. The number of aryl methyl sites for hydroxylation is 1. The van der Waals surface area contributed by atoms with Gasteiger partial charge in [-0.05, 0) is 18.6 Å². The molecular weight excluding hydrogens is 272 g/mol. The minimum atomic E-state index is -0.767. The van der Waals surface area contributed by atoms with Crippen LogP contribution in [-0.4, -0.2) is 5.11 Å². The second kappa shape index (κ2) is 5.45. The number of hydrogen-bond donors (Lipinski definition) is 2. The molecule has 2 rings (SSSR count). The Bertz CT molecular complexity index is 593. The normalized spacial score (nSPS) is 10.5. The van der Waals surface area contributed by atoms with Crippen LogP contribution in [0.5, 0.6) is 5.75 Å². The Labute approximate surface area is 114 Å². The predicted octanol–water partition coefficient (Wildman–Crippen LogP) is 4.24. The summed E-state index contributed by atoms with van der Waals surface area (Å²) < 4.78 is 26.4. The van der Waals surface area contributed by atoms with Gasteiger partial charge in [0.15, 0.2) is 5.82 Å². The second-order valence-electron chi connectivity index (χ2n) is 4.18. The first-order valence-corrected chi connectivity index (χ1v) is 6.02. The van der Waals surface area contributed by atoms with Crippen LogP contribution < -0.4 is 5.32 Å². The van der Waals surface area contributed by atoms with Crippen LogP contribution in [-0.2, 0) is 6.54 Å². The van der Waals surface area contributed by atoms with Crippen molar-refractivity contribution in [1.82, 2.24) is 0 Å². The molecule has 5 heteroatoms. The molecule has 0 aromatic heterocycles. The van der Waals surface area contributed by atoms with Crippen molar-refractivity contribution in [2.45, 2.75) is 13.5 Å². The molecule has 19 heavy (non-hydrogen) atoms. The number of benzene rings is 2. The quantitative estimate of drug-likeness (QED) is 0.883. The first-order valence-electron chi connectivity index (χ1n) is 5.65. The molecule has 0 atom stereocenters. The Kier molecular flexibility index (Phi) is 3.90. The highest BCUT2D eigenvalue weighted by Gasteiger charge is 2.11. The van der Waals surface area contributed by atoms with Crippen LogP contribution in [0.3, 0.4) is 0 Å². The van der Waals surface area contributed by atoms with E-state index in [2.05, 4.69) is 5.32 Å². The summed E-state index contributed by atoms with van der Waals surface area (Å²) in [5.74, 6) is -1.35. The fourth-order valence-electron chi connectivity index (χ4n) is 1.76. The van der Waals surface area contributed by atoms with E-state index in [1.807, 2.05) is 0 Å². The van der Waals surface area contributed by atoms with E-state index in [-0.39, 0.29) is 23.0 Å². The summed E-state index contributed by atoms with van der Waals surface area (Å²) in [6.07, 6.45) is 0. The average molecular weight is 284 g/mol. The molecule has 0 aliphatic rings. The zero-order valence-corrected chi connectivity index (χ0v) is 10.9. The molecule has 0 unspecified atom stereocenters. The molecule has 0 amide bonds. The second-order valence-corrected chi connectivity index (χ2v) is 4.59. The first kappa shape index (κ1) is 13.6. The van der Waals surface area contributed by atoms with Crippen LogP contribution in [0.4, 0.5) is 14.5 Å². The number of nitrogens with one attached hydrogen (secondary N) is 1. The number of halogens is 3. The predicted molar refractivity (Wildman–Crippen MR) is 71.5 cm³/mol. The number of phenolic OH excluding ortho intramolecular Hbond substituents is 1. The zero-order valence-electron chi connectivity index (χ0n) is 10.2. The van der Waals surface area contributed by atoms with Crippen LogP contribution in [0.25, 0.3) is 0 Å². The van der Waals surface area contributed by atoms with Crippen molar-refractivity contribution >= 4 is 17.3 Å². The van der Waals surface area contributed by atoms with Gasteiger partial charge in [-0.15, -0.1) is 0 Å². The summed E-state index contributed by atoms with van der Waals surface area (Å²) in [6, 6.07) is 7.05. The fourth-order valence-corrected chi connectivity index (χ4v) is 2.02. The molecule has 100 valence electrons. The van der Waals surface area contributed by atoms with Gasteiger partial charge in [-0.3, -0.25) is 0 Å². The lowest BCUT2D eigenvalue weighted by molar-refractivity contribution is 0.465. The number of phenols is 1. The third-order valence-electron chi connectivity index (χ3n) is 2.78. The largest absolute Gasteiger partial charge is 0.507 e. The van der Waals surface area contributed by atoms with Crippen LogP contribution in [0, 0.1) is 18.6 Å². The van der Waals surface area contributed by atoms with Gasteiger partial charge < -0.3 is 10.4 Å². The SMILES string of the molecule is Cc1cccc(CNc2c(F)cc(F)cc2Cl)c1O. The Balaban J connectivity index is 2.22. The summed E-state index contributed by atoms with van der Waals surface area (Å²) in [6.45, 7) is 1.96. The van der Waals surface area contributed by atoms with Gasteiger partial charge in [0.2, 0.25) is 0 Å². The number of anilines is 1.